The van der Waals surface area contributed by atoms with Gasteiger partial charge in [0.2, 0.25) is 6.10 Å². The number of hydrogen-bond acceptors (Lipinski definition) is 3. The number of carbonyl (C=O) groups excluding carboxylic acids is 1. The molecule has 0 saturated carbocycles. The molecule has 4 heteroatoms. The molecule has 120 valence electrons. The molecule has 0 bridgehead atoms. The molecule has 0 fully saturated rings. The lowest BCUT2D eigenvalue weighted by atomic mass is 10.1. The van der Waals surface area contributed by atoms with Crippen molar-refractivity contribution in [1.29, 1.82) is 0 Å². The number of hydrogen-bond donors (Lipinski definition) is 0. The summed E-state index contributed by atoms with van der Waals surface area (Å²) in [5.74, 6) is 1.23. The number of benzene rings is 2. The van der Waals surface area contributed by atoms with Crippen molar-refractivity contribution in [3.05, 3.63) is 53.6 Å². The van der Waals surface area contributed by atoms with E-state index < -0.39 is 6.10 Å². The van der Waals surface area contributed by atoms with Crippen LogP contribution in [0.25, 0.3) is 0 Å². The summed E-state index contributed by atoms with van der Waals surface area (Å²) in [4.78, 5) is 14.7. The van der Waals surface area contributed by atoms with Gasteiger partial charge < -0.3 is 14.4 Å². The molecule has 2 aromatic rings. The molecule has 1 unspecified atom stereocenters. The van der Waals surface area contributed by atoms with Crippen molar-refractivity contribution in [2.75, 3.05) is 18.1 Å². The van der Waals surface area contributed by atoms with E-state index >= 15 is 0 Å². The molecule has 1 atom stereocenters. The Morgan fingerprint density at radius 3 is 2.65 bits per heavy atom. The molecule has 0 N–H and O–H groups in total. The Kier molecular flexibility index (Phi) is 4.24. The van der Waals surface area contributed by atoms with Crippen molar-refractivity contribution in [2.45, 2.75) is 26.9 Å². The van der Waals surface area contributed by atoms with Crippen molar-refractivity contribution in [2.24, 2.45) is 0 Å². The predicted molar refractivity (Wildman–Crippen MR) is 90.3 cm³/mol. The number of ether oxygens (including phenoxy) is 2. The van der Waals surface area contributed by atoms with Gasteiger partial charge in [0, 0.05) is 12.2 Å². The van der Waals surface area contributed by atoms with Crippen molar-refractivity contribution >= 4 is 11.6 Å². The first kappa shape index (κ1) is 15.4. The molecule has 0 spiro atoms. The van der Waals surface area contributed by atoms with Gasteiger partial charge in [0.15, 0.2) is 11.5 Å². The Morgan fingerprint density at radius 1 is 1.17 bits per heavy atom. The topological polar surface area (TPSA) is 38.8 Å². The standard InChI is InChI=1S/C19H21NO3/c1-4-20(15-11-13(2)9-10-14(15)3)19(21)18-12-22-16-7-5-6-8-17(16)23-18/h5-11,18H,4,12H2,1-3H3. The van der Waals surface area contributed by atoms with E-state index in [0.29, 0.717) is 18.0 Å². The number of fused-ring (bicyclic) bond motifs is 1. The highest BCUT2D eigenvalue weighted by Gasteiger charge is 2.31. The number of likely N-dealkylation sites (N-methyl/N-ethyl adjacent to an activating group) is 1. The van der Waals surface area contributed by atoms with Gasteiger partial charge in [0.1, 0.15) is 6.61 Å². The van der Waals surface area contributed by atoms with E-state index in [2.05, 4.69) is 0 Å². The van der Waals surface area contributed by atoms with E-state index in [1.807, 2.05) is 63.2 Å². The van der Waals surface area contributed by atoms with E-state index in [1.165, 1.54) is 0 Å². The second kappa shape index (κ2) is 6.32. The van der Waals surface area contributed by atoms with Crippen LogP contribution in [-0.2, 0) is 4.79 Å². The number of aryl methyl sites for hydroxylation is 2. The van der Waals surface area contributed by atoms with E-state index in [4.69, 9.17) is 9.47 Å². The molecule has 1 aliphatic heterocycles. The van der Waals surface area contributed by atoms with Gasteiger partial charge in [-0.3, -0.25) is 4.79 Å². The molecule has 0 radical (unpaired) electrons. The second-order valence-corrected chi connectivity index (χ2v) is 5.74. The predicted octanol–water partition coefficient (Wildman–Crippen LogP) is 3.50. The van der Waals surface area contributed by atoms with Gasteiger partial charge in [-0.25, -0.2) is 0 Å². The molecule has 2 aromatic carbocycles. The molecule has 23 heavy (non-hydrogen) atoms. The van der Waals surface area contributed by atoms with Gasteiger partial charge in [-0.15, -0.1) is 0 Å². The van der Waals surface area contributed by atoms with Crippen LogP contribution < -0.4 is 14.4 Å². The lowest BCUT2D eigenvalue weighted by Gasteiger charge is -2.31. The Hall–Kier alpha value is -2.49. The summed E-state index contributed by atoms with van der Waals surface area (Å²) < 4.78 is 11.5. The number of carbonyl (C=O) groups is 1. The number of para-hydroxylation sites is 2. The van der Waals surface area contributed by atoms with E-state index in [9.17, 15) is 4.79 Å². The molecule has 0 aromatic heterocycles. The van der Waals surface area contributed by atoms with Gasteiger partial charge in [-0.2, -0.15) is 0 Å². The minimum Gasteiger partial charge on any atom is -0.485 e. The van der Waals surface area contributed by atoms with Crippen LogP contribution in [0, 0.1) is 13.8 Å². The molecular weight excluding hydrogens is 290 g/mol. The van der Waals surface area contributed by atoms with Crippen LogP contribution in [0.2, 0.25) is 0 Å². The first-order valence-corrected chi connectivity index (χ1v) is 7.87. The van der Waals surface area contributed by atoms with Gasteiger partial charge in [-0.05, 0) is 50.1 Å². The molecule has 1 amide bonds. The highest BCUT2D eigenvalue weighted by Crippen LogP contribution is 2.32. The highest BCUT2D eigenvalue weighted by atomic mass is 16.6. The smallest absolute Gasteiger partial charge is 0.271 e. The summed E-state index contributed by atoms with van der Waals surface area (Å²) in [7, 11) is 0. The fourth-order valence-electron chi connectivity index (χ4n) is 2.77. The number of rotatable bonds is 3. The summed E-state index contributed by atoms with van der Waals surface area (Å²) in [6.45, 7) is 6.83. The molecule has 1 heterocycles. The Labute approximate surface area is 136 Å². The number of amides is 1. The third kappa shape index (κ3) is 3.02. The molecule has 4 nitrogen and oxygen atoms in total. The summed E-state index contributed by atoms with van der Waals surface area (Å²) in [5.41, 5.74) is 3.13. The third-order valence-electron chi connectivity index (χ3n) is 4.02. The summed E-state index contributed by atoms with van der Waals surface area (Å²) in [5, 5.41) is 0. The van der Waals surface area contributed by atoms with Gasteiger partial charge >= 0.3 is 0 Å². The van der Waals surface area contributed by atoms with Gasteiger partial charge in [0.05, 0.1) is 0 Å². The average Bonchev–Trinajstić information content (AvgIpc) is 2.58. The zero-order chi connectivity index (χ0) is 16.4. The fourth-order valence-corrected chi connectivity index (χ4v) is 2.77. The van der Waals surface area contributed by atoms with Crippen LogP contribution in [-0.4, -0.2) is 25.2 Å². The minimum absolute atomic E-state index is 0.0734. The zero-order valence-electron chi connectivity index (χ0n) is 13.7. The normalized spacial score (nSPS) is 16.0. The lowest BCUT2D eigenvalue weighted by molar-refractivity contribution is -0.127. The van der Waals surface area contributed by atoms with Crippen LogP contribution in [0.1, 0.15) is 18.1 Å². The average molecular weight is 311 g/mol. The Balaban J connectivity index is 1.85. The van der Waals surface area contributed by atoms with Crippen molar-refractivity contribution in [1.82, 2.24) is 0 Å². The maximum absolute atomic E-state index is 12.9. The first-order chi connectivity index (χ1) is 11.1. The van der Waals surface area contributed by atoms with Crippen LogP contribution in [0.3, 0.4) is 0 Å². The molecule has 3 rings (SSSR count). The third-order valence-corrected chi connectivity index (χ3v) is 4.02. The SMILES string of the molecule is CCN(C(=O)C1COc2ccccc2O1)c1cc(C)ccc1C. The monoisotopic (exact) mass is 311 g/mol. The van der Waals surface area contributed by atoms with E-state index in [1.54, 1.807) is 4.90 Å². The molecule has 0 saturated heterocycles. The van der Waals surface area contributed by atoms with Crippen LogP contribution >= 0.6 is 0 Å². The van der Waals surface area contributed by atoms with Crippen molar-refractivity contribution < 1.29 is 14.3 Å². The second-order valence-electron chi connectivity index (χ2n) is 5.74. The lowest BCUT2D eigenvalue weighted by Crippen LogP contribution is -2.46. The minimum atomic E-state index is -0.621. The maximum atomic E-state index is 12.9. The highest BCUT2D eigenvalue weighted by molar-refractivity contribution is 5.97. The zero-order valence-corrected chi connectivity index (χ0v) is 13.7. The van der Waals surface area contributed by atoms with E-state index in [0.717, 1.165) is 16.8 Å². The Morgan fingerprint density at radius 2 is 1.91 bits per heavy atom. The van der Waals surface area contributed by atoms with E-state index in [-0.39, 0.29) is 12.5 Å². The van der Waals surface area contributed by atoms with Crippen LogP contribution in [0.5, 0.6) is 11.5 Å². The molecular formula is C19H21NO3. The Bertz CT molecular complexity index is 726. The van der Waals surface area contributed by atoms with Crippen molar-refractivity contribution in [3.8, 4) is 11.5 Å². The summed E-state index contributed by atoms with van der Waals surface area (Å²) in [6.07, 6.45) is -0.621. The largest absolute Gasteiger partial charge is 0.485 e. The van der Waals surface area contributed by atoms with Crippen LogP contribution in [0.15, 0.2) is 42.5 Å². The van der Waals surface area contributed by atoms with Gasteiger partial charge in [-0.1, -0.05) is 24.3 Å². The number of anilines is 1. The summed E-state index contributed by atoms with van der Waals surface area (Å²) in [6, 6.07) is 13.5. The fraction of sp³-hybridized carbons (Fsp3) is 0.316. The quantitative estimate of drug-likeness (QED) is 0.871. The molecule has 0 aliphatic carbocycles. The molecule has 1 aliphatic rings. The van der Waals surface area contributed by atoms with Crippen LogP contribution in [0.4, 0.5) is 5.69 Å². The number of nitrogens with zero attached hydrogens (tertiary/aromatic N) is 1. The van der Waals surface area contributed by atoms with Gasteiger partial charge in [0.25, 0.3) is 5.91 Å². The summed E-state index contributed by atoms with van der Waals surface area (Å²) >= 11 is 0. The maximum Gasteiger partial charge on any atom is 0.271 e. The first-order valence-electron chi connectivity index (χ1n) is 7.87. The van der Waals surface area contributed by atoms with Crippen molar-refractivity contribution in [3.63, 3.8) is 0 Å².